The van der Waals surface area contributed by atoms with E-state index in [9.17, 15) is 9.59 Å². The summed E-state index contributed by atoms with van der Waals surface area (Å²) in [5.41, 5.74) is 7.20. The smallest absolute Gasteiger partial charge is 0.253 e. The zero-order valence-corrected chi connectivity index (χ0v) is 12.0. The summed E-state index contributed by atoms with van der Waals surface area (Å²) in [6.07, 6.45) is 0. The molecule has 2 aromatic carbocycles. The second-order valence-electron chi connectivity index (χ2n) is 5.12. The fourth-order valence-corrected chi connectivity index (χ4v) is 2.42. The first-order valence-electron chi connectivity index (χ1n) is 6.95. The minimum atomic E-state index is -0.738. The maximum atomic E-state index is 12.6. The monoisotopic (exact) mass is 293 g/mol. The number of amides is 2. The lowest BCUT2D eigenvalue weighted by Gasteiger charge is -2.14. The lowest BCUT2D eigenvalue weighted by Crippen LogP contribution is -2.42. The number of primary amides is 1. The average Bonchev–Trinajstić information content (AvgIpc) is 2.52. The third-order valence-electron chi connectivity index (χ3n) is 3.59. The molecule has 110 valence electrons. The maximum absolute atomic E-state index is 12.6. The Bertz CT molecular complexity index is 835. The molecule has 0 aliphatic rings. The van der Waals surface area contributed by atoms with Gasteiger partial charge in [0.15, 0.2) is 0 Å². The van der Waals surface area contributed by atoms with Gasteiger partial charge in [0, 0.05) is 10.8 Å². The summed E-state index contributed by atoms with van der Waals surface area (Å²) in [5, 5.41) is 4.13. The Labute approximate surface area is 127 Å². The van der Waals surface area contributed by atoms with E-state index in [2.05, 4.69) is 10.3 Å². The van der Waals surface area contributed by atoms with Gasteiger partial charge in [0.1, 0.15) is 6.04 Å². The van der Waals surface area contributed by atoms with Crippen LogP contribution in [0.15, 0.2) is 48.5 Å². The van der Waals surface area contributed by atoms with Crippen LogP contribution in [0.25, 0.3) is 21.8 Å². The van der Waals surface area contributed by atoms with Crippen molar-refractivity contribution in [3.8, 4) is 0 Å². The topological polar surface area (TPSA) is 85.1 Å². The number of nitrogens with zero attached hydrogens (tertiary/aromatic N) is 1. The Morgan fingerprint density at radius 3 is 2.00 bits per heavy atom. The SMILES string of the molecule is C[C@@H](NC(=O)c1c2ccccc2nc2ccccc12)C(N)=O. The highest BCUT2D eigenvalue weighted by atomic mass is 16.2. The van der Waals surface area contributed by atoms with Crippen LogP contribution >= 0.6 is 0 Å². The maximum Gasteiger partial charge on any atom is 0.253 e. The largest absolute Gasteiger partial charge is 0.368 e. The Morgan fingerprint density at radius 1 is 1.00 bits per heavy atom. The van der Waals surface area contributed by atoms with Crippen molar-refractivity contribution in [1.29, 1.82) is 0 Å². The summed E-state index contributed by atoms with van der Waals surface area (Å²) in [5.74, 6) is -0.905. The highest BCUT2D eigenvalue weighted by molar-refractivity contribution is 6.16. The molecule has 3 N–H and O–H groups in total. The van der Waals surface area contributed by atoms with Gasteiger partial charge in [0.05, 0.1) is 16.6 Å². The van der Waals surface area contributed by atoms with Crippen LogP contribution in [-0.4, -0.2) is 22.8 Å². The predicted molar refractivity (Wildman–Crippen MR) is 85.4 cm³/mol. The van der Waals surface area contributed by atoms with Crippen molar-refractivity contribution in [2.45, 2.75) is 13.0 Å². The molecule has 1 aromatic heterocycles. The highest BCUT2D eigenvalue weighted by Crippen LogP contribution is 2.25. The Hall–Kier alpha value is -2.95. The summed E-state index contributed by atoms with van der Waals surface area (Å²) in [7, 11) is 0. The molecule has 5 heteroatoms. The van der Waals surface area contributed by atoms with Crippen LogP contribution in [0.2, 0.25) is 0 Å². The molecule has 0 aliphatic carbocycles. The summed E-state index contributed by atoms with van der Waals surface area (Å²) in [6.45, 7) is 1.56. The molecule has 2 amide bonds. The van der Waals surface area contributed by atoms with E-state index in [0.717, 1.165) is 21.8 Å². The zero-order valence-electron chi connectivity index (χ0n) is 12.0. The van der Waals surface area contributed by atoms with Gasteiger partial charge in [0.25, 0.3) is 5.91 Å². The average molecular weight is 293 g/mol. The number of carbonyl (C=O) groups excluding carboxylic acids is 2. The number of rotatable bonds is 3. The van der Waals surface area contributed by atoms with Crippen molar-refractivity contribution >= 4 is 33.6 Å². The van der Waals surface area contributed by atoms with Gasteiger partial charge in [-0.1, -0.05) is 36.4 Å². The zero-order chi connectivity index (χ0) is 15.7. The second-order valence-corrected chi connectivity index (χ2v) is 5.12. The van der Waals surface area contributed by atoms with Crippen LogP contribution in [0.4, 0.5) is 0 Å². The number of hydrogen-bond donors (Lipinski definition) is 2. The Morgan fingerprint density at radius 2 is 1.50 bits per heavy atom. The number of hydrogen-bond acceptors (Lipinski definition) is 3. The van der Waals surface area contributed by atoms with Crippen LogP contribution < -0.4 is 11.1 Å². The first-order chi connectivity index (χ1) is 10.6. The summed E-state index contributed by atoms with van der Waals surface area (Å²) in [6, 6.07) is 14.1. The number of nitrogens with one attached hydrogen (secondary N) is 1. The minimum Gasteiger partial charge on any atom is -0.368 e. The molecule has 0 aliphatic heterocycles. The normalized spacial score (nSPS) is 12.2. The van der Waals surface area contributed by atoms with Gasteiger partial charge in [-0.25, -0.2) is 4.98 Å². The van der Waals surface area contributed by atoms with Crippen molar-refractivity contribution < 1.29 is 9.59 Å². The molecule has 22 heavy (non-hydrogen) atoms. The number of fused-ring (bicyclic) bond motifs is 2. The van der Waals surface area contributed by atoms with Crippen LogP contribution in [0.1, 0.15) is 17.3 Å². The second kappa shape index (κ2) is 5.44. The molecule has 0 spiro atoms. The van der Waals surface area contributed by atoms with E-state index in [-0.39, 0.29) is 5.91 Å². The van der Waals surface area contributed by atoms with E-state index in [1.807, 2.05) is 48.5 Å². The number of carbonyl (C=O) groups is 2. The van der Waals surface area contributed by atoms with Gasteiger partial charge in [-0.3, -0.25) is 9.59 Å². The first kappa shape index (κ1) is 14.0. The van der Waals surface area contributed by atoms with Gasteiger partial charge in [-0.15, -0.1) is 0 Å². The van der Waals surface area contributed by atoms with E-state index in [4.69, 9.17) is 5.73 Å². The summed E-state index contributed by atoms with van der Waals surface area (Å²) >= 11 is 0. The molecule has 0 saturated heterocycles. The first-order valence-corrected chi connectivity index (χ1v) is 6.95. The quantitative estimate of drug-likeness (QED) is 0.724. The van der Waals surface area contributed by atoms with Crippen LogP contribution in [-0.2, 0) is 4.79 Å². The molecule has 0 saturated carbocycles. The molecule has 3 aromatic rings. The van der Waals surface area contributed by atoms with E-state index >= 15 is 0 Å². The molecule has 0 fully saturated rings. The number of pyridine rings is 1. The molecular formula is C17H15N3O2. The fourth-order valence-electron chi connectivity index (χ4n) is 2.42. The van der Waals surface area contributed by atoms with Crippen molar-refractivity contribution in [1.82, 2.24) is 10.3 Å². The predicted octanol–water partition coefficient (Wildman–Crippen LogP) is 1.99. The van der Waals surface area contributed by atoms with Crippen LogP contribution in [0.3, 0.4) is 0 Å². The van der Waals surface area contributed by atoms with Gasteiger partial charge < -0.3 is 11.1 Å². The highest BCUT2D eigenvalue weighted by Gasteiger charge is 2.19. The Kier molecular flexibility index (Phi) is 3.47. The molecule has 5 nitrogen and oxygen atoms in total. The summed E-state index contributed by atoms with van der Waals surface area (Å²) in [4.78, 5) is 28.4. The lowest BCUT2D eigenvalue weighted by atomic mass is 10.0. The fraction of sp³-hybridized carbons (Fsp3) is 0.118. The molecule has 0 unspecified atom stereocenters. The van der Waals surface area contributed by atoms with Gasteiger partial charge >= 0.3 is 0 Å². The van der Waals surface area contributed by atoms with E-state index in [1.54, 1.807) is 6.92 Å². The van der Waals surface area contributed by atoms with Crippen molar-refractivity contribution in [3.05, 3.63) is 54.1 Å². The summed E-state index contributed by atoms with van der Waals surface area (Å²) < 4.78 is 0. The molecule has 1 atom stereocenters. The lowest BCUT2D eigenvalue weighted by molar-refractivity contribution is -0.119. The molecule has 3 rings (SSSR count). The third-order valence-corrected chi connectivity index (χ3v) is 3.59. The van der Waals surface area contributed by atoms with Crippen molar-refractivity contribution in [3.63, 3.8) is 0 Å². The molecule has 1 heterocycles. The third kappa shape index (κ3) is 2.37. The van der Waals surface area contributed by atoms with E-state index < -0.39 is 11.9 Å². The number of aromatic nitrogens is 1. The molecular weight excluding hydrogens is 278 g/mol. The molecule has 0 radical (unpaired) electrons. The van der Waals surface area contributed by atoms with Gasteiger partial charge in [-0.2, -0.15) is 0 Å². The van der Waals surface area contributed by atoms with Crippen LogP contribution in [0, 0.1) is 0 Å². The van der Waals surface area contributed by atoms with Crippen molar-refractivity contribution in [2.24, 2.45) is 5.73 Å². The number of benzene rings is 2. The van der Waals surface area contributed by atoms with Crippen LogP contribution in [0.5, 0.6) is 0 Å². The van der Waals surface area contributed by atoms with E-state index in [1.165, 1.54) is 0 Å². The standard InChI is InChI=1S/C17H15N3O2/c1-10(16(18)21)19-17(22)15-11-6-2-4-8-13(11)20-14-9-5-3-7-12(14)15/h2-10H,1H3,(H2,18,21)(H,19,22)/t10-/m1/s1. The van der Waals surface area contributed by atoms with Gasteiger partial charge in [0.2, 0.25) is 5.91 Å². The minimum absolute atomic E-state index is 0.332. The van der Waals surface area contributed by atoms with E-state index in [0.29, 0.717) is 5.56 Å². The Balaban J connectivity index is 2.24. The number of nitrogens with two attached hydrogens (primary N) is 1. The van der Waals surface area contributed by atoms with Crippen molar-refractivity contribution in [2.75, 3.05) is 0 Å². The van der Waals surface area contributed by atoms with Gasteiger partial charge in [-0.05, 0) is 19.1 Å². The molecule has 0 bridgehead atoms. The number of para-hydroxylation sites is 2.